The van der Waals surface area contributed by atoms with Gasteiger partial charge in [-0.25, -0.2) is 4.39 Å². The first-order valence-electron chi connectivity index (χ1n) is 7.85. The Balaban J connectivity index is 1.66. The van der Waals surface area contributed by atoms with Crippen molar-refractivity contribution in [2.45, 2.75) is 23.5 Å². The number of hydrogen-bond donors (Lipinski definition) is 1. The molecule has 4 nitrogen and oxygen atoms in total. The summed E-state index contributed by atoms with van der Waals surface area (Å²) in [5.41, 5.74) is 0.388. The molecule has 0 saturated carbocycles. The molecule has 2 aromatic carbocycles. The van der Waals surface area contributed by atoms with Crippen molar-refractivity contribution < 1.29 is 18.7 Å². The third-order valence-corrected chi connectivity index (χ3v) is 5.00. The van der Waals surface area contributed by atoms with E-state index in [0.717, 1.165) is 17.1 Å². The largest absolute Gasteiger partial charge is 0.490 e. The van der Waals surface area contributed by atoms with E-state index in [9.17, 15) is 9.18 Å². The number of hydrogen-bond acceptors (Lipinski definition) is 4. The van der Waals surface area contributed by atoms with E-state index in [4.69, 9.17) is 21.1 Å². The van der Waals surface area contributed by atoms with Crippen LogP contribution >= 0.6 is 23.4 Å². The van der Waals surface area contributed by atoms with Gasteiger partial charge in [0.15, 0.2) is 11.5 Å². The second-order valence-corrected chi connectivity index (χ2v) is 7.35. The van der Waals surface area contributed by atoms with E-state index in [-0.39, 0.29) is 16.2 Å². The molecule has 1 N–H and O–H groups in total. The molecule has 0 aromatic heterocycles. The molecular formula is C18H17ClFNO3S. The zero-order valence-electron chi connectivity index (χ0n) is 13.6. The quantitative estimate of drug-likeness (QED) is 0.776. The summed E-state index contributed by atoms with van der Waals surface area (Å²) < 4.78 is 24.3. The van der Waals surface area contributed by atoms with E-state index in [1.54, 1.807) is 6.92 Å². The molecule has 2 aromatic rings. The topological polar surface area (TPSA) is 47.6 Å². The van der Waals surface area contributed by atoms with Crippen molar-refractivity contribution in [3.63, 3.8) is 0 Å². The first-order chi connectivity index (χ1) is 12.0. The summed E-state index contributed by atoms with van der Waals surface area (Å²) in [6.07, 6.45) is 0.842. The summed E-state index contributed by atoms with van der Waals surface area (Å²) in [7, 11) is 0. The van der Waals surface area contributed by atoms with Crippen LogP contribution in [0.3, 0.4) is 0 Å². The summed E-state index contributed by atoms with van der Waals surface area (Å²) in [6.45, 7) is 3.04. The number of anilines is 1. The molecule has 0 radical (unpaired) electrons. The minimum atomic E-state index is -0.447. The zero-order chi connectivity index (χ0) is 17.8. The van der Waals surface area contributed by atoms with Crippen LogP contribution in [0.5, 0.6) is 11.5 Å². The van der Waals surface area contributed by atoms with Crippen molar-refractivity contribution >= 4 is 35.0 Å². The molecule has 132 valence electrons. The molecule has 1 aliphatic rings. The number of amides is 1. The number of ether oxygens (including phenoxy) is 2. The highest BCUT2D eigenvalue weighted by molar-refractivity contribution is 8.00. The third-order valence-electron chi connectivity index (χ3n) is 3.59. The van der Waals surface area contributed by atoms with E-state index in [2.05, 4.69) is 5.32 Å². The van der Waals surface area contributed by atoms with Gasteiger partial charge < -0.3 is 14.8 Å². The van der Waals surface area contributed by atoms with Crippen LogP contribution in [0.1, 0.15) is 13.3 Å². The summed E-state index contributed by atoms with van der Waals surface area (Å²) in [4.78, 5) is 13.3. The maximum Gasteiger partial charge on any atom is 0.237 e. The Morgan fingerprint density at radius 1 is 1.20 bits per heavy atom. The molecule has 1 atom stereocenters. The highest BCUT2D eigenvalue weighted by Gasteiger charge is 2.18. The lowest BCUT2D eigenvalue weighted by atomic mass is 10.3. The Bertz CT molecular complexity index is 787. The minimum absolute atomic E-state index is 0.168. The number of nitrogens with one attached hydrogen (secondary N) is 1. The van der Waals surface area contributed by atoms with Gasteiger partial charge in [0, 0.05) is 11.3 Å². The van der Waals surface area contributed by atoms with Crippen molar-refractivity contribution in [1.29, 1.82) is 0 Å². The van der Waals surface area contributed by atoms with Crippen LogP contribution in [0.4, 0.5) is 10.1 Å². The second kappa shape index (κ2) is 7.97. The lowest BCUT2D eigenvalue weighted by Gasteiger charge is -2.14. The van der Waals surface area contributed by atoms with Crippen LogP contribution < -0.4 is 14.8 Å². The van der Waals surface area contributed by atoms with Gasteiger partial charge >= 0.3 is 0 Å². The van der Waals surface area contributed by atoms with Crippen molar-refractivity contribution in [2.24, 2.45) is 0 Å². The monoisotopic (exact) mass is 381 g/mol. The molecule has 0 saturated heterocycles. The van der Waals surface area contributed by atoms with E-state index in [0.29, 0.717) is 24.7 Å². The number of halogens is 2. The van der Waals surface area contributed by atoms with Crippen LogP contribution in [-0.4, -0.2) is 24.4 Å². The highest BCUT2D eigenvalue weighted by Crippen LogP contribution is 2.35. The van der Waals surface area contributed by atoms with Crippen molar-refractivity contribution in [3.8, 4) is 11.5 Å². The molecule has 7 heteroatoms. The Hall–Kier alpha value is -1.92. The van der Waals surface area contributed by atoms with Gasteiger partial charge in [0.2, 0.25) is 5.91 Å². The van der Waals surface area contributed by atoms with Gasteiger partial charge in [0.25, 0.3) is 0 Å². The average molecular weight is 382 g/mol. The fourth-order valence-electron chi connectivity index (χ4n) is 2.30. The van der Waals surface area contributed by atoms with Crippen molar-refractivity contribution in [3.05, 3.63) is 47.2 Å². The van der Waals surface area contributed by atoms with Crippen LogP contribution in [-0.2, 0) is 4.79 Å². The van der Waals surface area contributed by atoms with Crippen LogP contribution in [0.15, 0.2) is 41.3 Å². The van der Waals surface area contributed by atoms with Crippen LogP contribution in [0, 0.1) is 5.82 Å². The normalized spacial score (nSPS) is 14.5. The van der Waals surface area contributed by atoms with Crippen molar-refractivity contribution in [1.82, 2.24) is 0 Å². The smallest absolute Gasteiger partial charge is 0.237 e. The molecule has 0 bridgehead atoms. The zero-order valence-corrected chi connectivity index (χ0v) is 15.1. The molecule has 0 fully saturated rings. The Morgan fingerprint density at radius 2 is 1.96 bits per heavy atom. The van der Waals surface area contributed by atoms with Gasteiger partial charge in [-0.2, -0.15) is 0 Å². The van der Waals surface area contributed by atoms with Gasteiger partial charge in [0.05, 0.1) is 29.2 Å². The van der Waals surface area contributed by atoms with Crippen LogP contribution in [0.25, 0.3) is 0 Å². The molecule has 1 heterocycles. The molecule has 1 amide bonds. The predicted molar refractivity (Wildman–Crippen MR) is 97.4 cm³/mol. The van der Waals surface area contributed by atoms with Gasteiger partial charge in [-0.3, -0.25) is 4.79 Å². The number of rotatable bonds is 4. The molecular weight excluding hydrogens is 365 g/mol. The maximum absolute atomic E-state index is 13.1. The molecule has 25 heavy (non-hydrogen) atoms. The van der Waals surface area contributed by atoms with Crippen LogP contribution in [0.2, 0.25) is 5.02 Å². The fraction of sp³-hybridized carbons (Fsp3) is 0.278. The van der Waals surface area contributed by atoms with E-state index in [1.807, 2.05) is 18.2 Å². The number of carbonyl (C=O) groups excluding carboxylic acids is 1. The van der Waals surface area contributed by atoms with E-state index in [1.165, 1.54) is 30.0 Å². The lowest BCUT2D eigenvalue weighted by molar-refractivity contribution is -0.115. The third kappa shape index (κ3) is 4.58. The summed E-state index contributed by atoms with van der Waals surface area (Å²) in [6, 6.07) is 9.49. The predicted octanol–water partition coefficient (Wildman–Crippen LogP) is 4.76. The summed E-state index contributed by atoms with van der Waals surface area (Å²) in [5, 5.41) is 2.51. The second-order valence-electron chi connectivity index (χ2n) is 5.53. The SMILES string of the molecule is CC(Sc1ccc2c(c1)OCCCO2)C(=O)Nc1ccc(F)cc1Cl. The van der Waals surface area contributed by atoms with Crippen molar-refractivity contribution in [2.75, 3.05) is 18.5 Å². The molecule has 1 unspecified atom stereocenters. The fourth-order valence-corrected chi connectivity index (χ4v) is 3.41. The molecule has 0 aliphatic carbocycles. The minimum Gasteiger partial charge on any atom is -0.490 e. The number of thioether (sulfide) groups is 1. The average Bonchev–Trinajstić information content (AvgIpc) is 2.82. The van der Waals surface area contributed by atoms with Gasteiger partial charge in [-0.1, -0.05) is 11.6 Å². The van der Waals surface area contributed by atoms with Gasteiger partial charge in [-0.15, -0.1) is 11.8 Å². The van der Waals surface area contributed by atoms with Gasteiger partial charge in [0.1, 0.15) is 5.82 Å². The Kier molecular flexibility index (Phi) is 5.71. The highest BCUT2D eigenvalue weighted by atomic mass is 35.5. The lowest BCUT2D eigenvalue weighted by Crippen LogP contribution is -2.22. The standard InChI is InChI=1S/C18H17ClFNO3S/c1-11(18(22)21-15-5-3-12(20)9-14(15)19)25-13-4-6-16-17(10-13)24-8-2-7-23-16/h3-6,9-11H,2,7-8H2,1H3,(H,21,22). The number of fused-ring (bicyclic) bond motifs is 1. The van der Waals surface area contributed by atoms with Gasteiger partial charge in [-0.05, 0) is 43.3 Å². The molecule has 0 spiro atoms. The Morgan fingerprint density at radius 3 is 2.72 bits per heavy atom. The number of carbonyl (C=O) groups is 1. The number of benzene rings is 2. The summed E-state index contributed by atoms with van der Waals surface area (Å²) >= 11 is 7.34. The summed E-state index contributed by atoms with van der Waals surface area (Å²) in [5.74, 6) is 0.747. The molecule has 1 aliphatic heterocycles. The van der Waals surface area contributed by atoms with E-state index < -0.39 is 5.82 Å². The Labute approximate surface area is 154 Å². The maximum atomic E-state index is 13.1. The molecule has 3 rings (SSSR count). The first-order valence-corrected chi connectivity index (χ1v) is 9.11. The first kappa shape index (κ1) is 17.9. The van der Waals surface area contributed by atoms with E-state index >= 15 is 0 Å².